The van der Waals surface area contributed by atoms with Crippen LogP contribution in [0.4, 0.5) is 0 Å². The average molecular weight is 355 g/mol. The largest absolute Gasteiger partial charge is 0.482 e. The molecule has 4 nitrogen and oxygen atoms in total. The third-order valence-corrected chi connectivity index (χ3v) is 3.33. The Kier molecular flexibility index (Phi) is 8.08. The lowest BCUT2D eigenvalue weighted by Gasteiger charge is -2.14. The quantitative estimate of drug-likeness (QED) is 0.670. The van der Waals surface area contributed by atoms with Crippen molar-refractivity contribution in [2.75, 3.05) is 19.7 Å². The number of hydrogen-bond acceptors (Lipinski definition) is 3. The molecule has 0 heterocycles. The molecule has 0 saturated heterocycles. The molecule has 0 unspecified atom stereocenters. The van der Waals surface area contributed by atoms with Crippen molar-refractivity contribution in [2.45, 2.75) is 20.4 Å². The number of para-hydroxylation sites is 1. The lowest BCUT2D eigenvalue weighted by atomic mass is 10.2. The molecule has 2 N–H and O–H groups in total. The molecule has 0 aliphatic heterocycles. The molecule has 1 aromatic carbocycles. The van der Waals surface area contributed by atoms with E-state index < -0.39 is 0 Å². The lowest BCUT2D eigenvalue weighted by Crippen LogP contribution is -2.29. The Morgan fingerprint density at radius 2 is 2.24 bits per heavy atom. The van der Waals surface area contributed by atoms with Crippen LogP contribution in [0, 0.1) is 5.92 Å². The van der Waals surface area contributed by atoms with E-state index in [1.54, 1.807) is 6.08 Å². The van der Waals surface area contributed by atoms with Crippen molar-refractivity contribution in [3.63, 3.8) is 0 Å². The van der Waals surface area contributed by atoms with Gasteiger partial charge in [0.25, 0.3) is 5.91 Å². The minimum absolute atomic E-state index is 0.00632. The van der Waals surface area contributed by atoms with Crippen molar-refractivity contribution >= 4 is 21.8 Å². The van der Waals surface area contributed by atoms with E-state index in [0.717, 1.165) is 16.6 Å². The van der Waals surface area contributed by atoms with Crippen molar-refractivity contribution in [3.8, 4) is 5.75 Å². The second-order valence-corrected chi connectivity index (χ2v) is 5.99. The summed E-state index contributed by atoms with van der Waals surface area (Å²) in [5, 5.41) is 6.06. The van der Waals surface area contributed by atoms with Crippen molar-refractivity contribution in [1.29, 1.82) is 0 Å². The zero-order valence-corrected chi connectivity index (χ0v) is 14.2. The highest BCUT2D eigenvalue weighted by Crippen LogP contribution is 2.29. The van der Waals surface area contributed by atoms with Crippen molar-refractivity contribution in [1.82, 2.24) is 10.6 Å². The van der Waals surface area contributed by atoms with Crippen molar-refractivity contribution in [2.24, 2.45) is 5.92 Å². The molecule has 0 saturated carbocycles. The Balaban J connectivity index is 2.62. The van der Waals surface area contributed by atoms with Gasteiger partial charge in [-0.05, 0) is 34.5 Å². The first kappa shape index (κ1) is 17.7. The molecule has 116 valence electrons. The third-order valence-electron chi connectivity index (χ3n) is 2.71. The van der Waals surface area contributed by atoms with Crippen LogP contribution >= 0.6 is 15.9 Å². The minimum Gasteiger partial charge on any atom is -0.482 e. The fraction of sp³-hybridized carbons (Fsp3) is 0.438. The third kappa shape index (κ3) is 6.78. The molecular formula is C16H23BrN2O2. The van der Waals surface area contributed by atoms with Crippen LogP contribution in [0.2, 0.25) is 0 Å². The van der Waals surface area contributed by atoms with Gasteiger partial charge in [0.05, 0.1) is 4.47 Å². The van der Waals surface area contributed by atoms with Crippen molar-refractivity contribution < 1.29 is 9.53 Å². The van der Waals surface area contributed by atoms with Crippen LogP contribution in [0.5, 0.6) is 5.75 Å². The maximum atomic E-state index is 11.6. The van der Waals surface area contributed by atoms with Gasteiger partial charge in [0.1, 0.15) is 5.75 Å². The summed E-state index contributed by atoms with van der Waals surface area (Å²) >= 11 is 3.47. The highest BCUT2D eigenvalue weighted by Gasteiger charge is 2.10. The molecule has 1 amide bonds. The number of ether oxygens (including phenoxy) is 1. The standard InChI is InChI=1S/C16H23BrN2O2/c1-4-8-19-15(20)11-21-16-13(6-5-7-14(16)17)10-18-9-12(2)3/h4-7,12,18H,1,8-11H2,2-3H3,(H,19,20). The first-order chi connectivity index (χ1) is 10.0. The van der Waals surface area contributed by atoms with Crippen LogP contribution in [0.1, 0.15) is 19.4 Å². The number of carbonyl (C=O) groups excluding carboxylic acids is 1. The zero-order valence-electron chi connectivity index (χ0n) is 12.6. The number of amides is 1. The summed E-state index contributed by atoms with van der Waals surface area (Å²) in [5.74, 6) is 1.14. The van der Waals surface area contributed by atoms with E-state index in [9.17, 15) is 4.79 Å². The Morgan fingerprint density at radius 1 is 1.48 bits per heavy atom. The summed E-state index contributed by atoms with van der Waals surface area (Å²) in [4.78, 5) is 11.6. The normalized spacial score (nSPS) is 10.5. The maximum Gasteiger partial charge on any atom is 0.258 e. The van der Waals surface area contributed by atoms with E-state index in [0.29, 0.717) is 24.8 Å². The first-order valence-corrected chi connectivity index (χ1v) is 7.82. The number of benzene rings is 1. The van der Waals surface area contributed by atoms with Gasteiger partial charge in [0.2, 0.25) is 0 Å². The van der Waals surface area contributed by atoms with E-state index in [4.69, 9.17) is 4.74 Å². The highest BCUT2D eigenvalue weighted by molar-refractivity contribution is 9.10. The fourth-order valence-corrected chi connectivity index (χ4v) is 2.25. The van der Waals surface area contributed by atoms with Crippen LogP contribution in [0.15, 0.2) is 35.3 Å². The van der Waals surface area contributed by atoms with E-state index in [-0.39, 0.29) is 12.5 Å². The Labute approximate surface area is 135 Å². The second-order valence-electron chi connectivity index (χ2n) is 5.13. The van der Waals surface area contributed by atoms with Crippen LogP contribution < -0.4 is 15.4 Å². The van der Waals surface area contributed by atoms with E-state index >= 15 is 0 Å². The maximum absolute atomic E-state index is 11.6. The predicted octanol–water partition coefficient (Wildman–Crippen LogP) is 2.88. The van der Waals surface area contributed by atoms with Gasteiger partial charge in [0.15, 0.2) is 6.61 Å². The number of carbonyl (C=O) groups is 1. The Bertz CT molecular complexity index is 475. The number of hydrogen-bond donors (Lipinski definition) is 2. The fourth-order valence-electron chi connectivity index (χ4n) is 1.72. The van der Waals surface area contributed by atoms with Crippen LogP contribution in [-0.2, 0) is 11.3 Å². The average Bonchev–Trinajstić information content (AvgIpc) is 2.44. The molecule has 0 spiro atoms. The summed E-state index contributed by atoms with van der Waals surface area (Å²) in [6.07, 6.45) is 1.64. The Hall–Kier alpha value is -1.33. The summed E-state index contributed by atoms with van der Waals surface area (Å²) in [5.41, 5.74) is 1.03. The van der Waals surface area contributed by atoms with Crippen molar-refractivity contribution in [3.05, 3.63) is 40.9 Å². The lowest BCUT2D eigenvalue weighted by molar-refractivity contribution is -0.122. The second kappa shape index (κ2) is 9.58. The van der Waals surface area contributed by atoms with Gasteiger partial charge in [-0.3, -0.25) is 4.79 Å². The molecule has 0 aromatic heterocycles. The smallest absolute Gasteiger partial charge is 0.258 e. The molecular weight excluding hydrogens is 332 g/mol. The van der Waals surface area contributed by atoms with Gasteiger partial charge < -0.3 is 15.4 Å². The van der Waals surface area contributed by atoms with Gasteiger partial charge in [-0.15, -0.1) is 6.58 Å². The van der Waals surface area contributed by atoms with Gasteiger partial charge >= 0.3 is 0 Å². The molecule has 0 bridgehead atoms. The van der Waals surface area contributed by atoms with Crippen LogP contribution in [-0.4, -0.2) is 25.6 Å². The molecule has 0 atom stereocenters. The van der Waals surface area contributed by atoms with Gasteiger partial charge in [0, 0.05) is 18.7 Å². The number of nitrogens with one attached hydrogen (secondary N) is 2. The van der Waals surface area contributed by atoms with Crippen LogP contribution in [0.3, 0.4) is 0 Å². The molecule has 0 radical (unpaired) electrons. The van der Waals surface area contributed by atoms with Gasteiger partial charge in [-0.25, -0.2) is 0 Å². The van der Waals surface area contributed by atoms with E-state index in [1.165, 1.54) is 0 Å². The molecule has 0 aliphatic rings. The van der Waals surface area contributed by atoms with E-state index in [2.05, 4.69) is 47.0 Å². The molecule has 21 heavy (non-hydrogen) atoms. The SMILES string of the molecule is C=CCNC(=O)COc1c(Br)cccc1CNCC(C)C. The molecule has 0 fully saturated rings. The first-order valence-electron chi connectivity index (χ1n) is 7.03. The number of halogens is 1. The molecule has 5 heteroatoms. The predicted molar refractivity (Wildman–Crippen MR) is 89.4 cm³/mol. The Morgan fingerprint density at radius 3 is 2.90 bits per heavy atom. The highest BCUT2D eigenvalue weighted by atomic mass is 79.9. The van der Waals surface area contributed by atoms with Crippen LogP contribution in [0.25, 0.3) is 0 Å². The summed E-state index contributed by atoms with van der Waals surface area (Å²) in [6.45, 7) is 9.96. The molecule has 0 aliphatic carbocycles. The number of rotatable bonds is 9. The van der Waals surface area contributed by atoms with E-state index in [1.807, 2.05) is 18.2 Å². The summed E-state index contributed by atoms with van der Waals surface area (Å²) in [7, 11) is 0. The zero-order chi connectivity index (χ0) is 15.7. The monoisotopic (exact) mass is 354 g/mol. The molecule has 1 rings (SSSR count). The van der Waals surface area contributed by atoms with Gasteiger partial charge in [-0.2, -0.15) is 0 Å². The minimum atomic E-state index is -0.160. The summed E-state index contributed by atoms with van der Waals surface area (Å²) < 4.78 is 6.50. The molecule has 1 aromatic rings. The van der Waals surface area contributed by atoms with Gasteiger partial charge in [-0.1, -0.05) is 32.1 Å². The summed E-state index contributed by atoms with van der Waals surface area (Å²) in [6, 6.07) is 5.86. The topological polar surface area (TPSA) is 50.4 Å².